The molecule has 0 spiro atoms. The third-order valence-corrected chi connectivity index (χ3v) is 11.4. The molecule has 4 bridgehead atoms. The minimum Gasteiger partial charge on any atom is -0.309 e. The van der Waals surface area contributed by atoms with E-state index in [1.165, 1.54) is 12.8 Å². The number of fused-ring (bicyclic) bond motifs is 4. The lowest BCUT2D eigenvalue weighted by Gasteiger charge is -2.38. The van der Waals surface area contributed by atoms with Crippen LogP contribution in [0, 0.1) is 45.3 Å². The lowest BCUT2D eigenvalue weighted by molar-refractivity contribution is -0.125. The number of anilines is 2. The number of carbonyl (C=O) groups excluding carboxylic acids is 2. The molecule has 0 aromatic carbocycles. The highest BCUT2D eigenvalue weighted by Crippen LogP contribution is 2.69. The zero-order chi connectivity index (χ0) is 23.1. The Kier molecular flexibility index (Phi) is 4.62. The van der Waals surface area contributed by atoms with Gasteiger partial charge in [-0.2, -0.15) is 0 Å². The van der Waals surface area contributed by atoms with Crippen LogP contribution >= 0.6 is 0 Å². The largest absolute Gasteiger partial charge is 0.309 e. The van der Waals surface area contributed by atoms with Crippen molar-refractivity contribution in [1.29, 1.82) is 0 Å². The van der Waals surface area contributed by atoms with E-state index >= 15 is 0 Å². The molecule has 5 rings (SSSR count). The fourth-order valence-corrected chi connectivity index (χ4v) is 8.11. The Bertz CT molecular complexity index is 899. The quantitative estimate of drug-likeness (QED) is 0.670. The van der Waals surface area contributed by atoms with Gasteiger partial charge in [0.25, 0.3) is 0 Å². The van der Waals surface area contributed by atoms with Crippen molar-refractivity contribution in [3.63, 3.8) is 0 Å². The molecular formula is C26H38N4O2. The molecule has 1 aromatic rings. The first-order chi connectivity index (χ1) is 14.9. The van der Waals surface area contributed by atoms with Gasteiger partial charge in [-0.15, -0.1) is 0 Å². The fraction of sp³-hybridized carbons (Fsp3) is 0.769. The number of nitrogens with zero attached hydrogens (tertiary/aromatic N) is 2. The zero-order valence-corrected chi connectivity index (χ0v) is 20.4. The van der Waals surface area contributed by atoms with Crippen LogP contribution in [0.2, 0.25) is 0 Å². The maximum absolute atomic E-state index is 13.2. The van der Waals surface area contributed by atoms with E-state index in [-0.39, 0.29) is 45.3 Å². The molecule has 4 aliphatic rings. The maximum Gasteiger partial charge on any atom is 0.229 e. The molecule has 1 aromatic heterocycles. The maximum atomic E-state index is 13.2. The van der Waals surface area contributed by atoms with Crippen LogP contribution in [0.25, 0.3) is 0 Å². The fourth-order valence-electron chi connectivity index (χ4n) is 8.11. The van der Waals surface area contributed by atoms with Gasteiger partial charge >= 0.3 is 0 Å². The second-order valence-electron chi connectivity index (χ2n) is 12.6. The van der Waals surface area contributed by atoms with E-state index in [0.29, 0.717) is 23.5 Å². The van der Waals surface area contributed by atoms with Gasteiger partial charge in [-0.05, 0) is 72.0 Å². The van der Waals surface area contributed by atoms with Crippen molar-refractivity contribution in [3.05, 3.63) is 12.4 Å². The highest BCUT2D eigenvalue weighted by molar-refractivity contribution is 5.94. The first kappa shape index (κ1) is 21.8. The van der Waals surface area contributed by atoms with Gasteiger partial charge in [0.05, 0.1) is 12.4 Å². The van der Waals surface area contributed by atoms with Crippen LogP contribution in [0.1, 0.15) is 80.1 Å². The van der Waals surface area contributed by atoms with Crippen LogP contribution in [0.3, 0.4) is 0 Å². The Morgan fingerprint density at radius 2 is 1.19 bits per heavy atom. The summed E-state index contributed by atoms with van der Waals surface area (Å²) in [5, 5.41) is 6.00. The van der Waals surface area contributed by atoms with Crippen molar-refractivity contribution in [3.8, 4) is 0 Å². The predicted octanol–water partition coefficient (Wildman–Crippen LogP) is 5.28. The molecule has 6 atom stereocenters. The molecule has 6 nitrogen and oxygen atoms in total. The molecule has 32 heavy (non-hydrogen) atoms. The van der Waals surface area contributed by atoms with E-state index in [4.69, 9.17) is 0 Å². The van der Waals surface area contributed by atoms with Gasteiger partial charge in [-0.25, -0.2) is 4.98 Å². The number of rotatable bonds is 4. The smallest absolute Gasteiger partial charge is 0.229 e. The molecule has 0 aliphatic heterocycles. The predicted molar refractivity (Wildman–Crippen MR) is 125 cm³/mol. The van der Waals surface area contributed by atoms with Gasteiger partial charge in [0.2, 0.25) is 11.8 Å². The normalized spacial score (nSPS) is 40.4. The summed E-state index contributed by atoms with van der Waals surface area (Å²) >= 11 is 0. The van der Waals surface area contributed by atoms with E-state index < -0.39 is 0 Å². The summed E-state index contributed by atoms with van der Waals surface area (Å²) in [5.41, 5.74) is 0.401. The zero-order valence-electron chi connectivity index (χ0n) is 20.4. The third kappa shape index (κ3) is 2.76. The Balaban J connectivity index is 1.27. The minimum atomic E-state index is -0.00693. The van der Waals surface area contributed by atoms with Crippen LogP contribution in [0.15, 0.2) is 12.4 Å². The summed E-state index contributed by atoms with van der Waals surface area (Å²) in [6.45, 7) is 13.8. The second kappa shape index (κ2) is 6.77. The molecule has 6 heteroatoms. The molecule has 4 aliphatic carbocycles. The van der Waals surface area contributed by atoms with Gasteiger partial charge in [0.1, 0.15) is 0 Å². The van der Waals surface area contributed by atoms with Gasteiger partial charge in [0.15, 0.2) is 11.6 Å². The lowest BCUT2D eigenvalue weighted by Crippen LogP contribution is -2.39. The number of carbonyl (C=O) groups is 2. The molecule has 4 saturated carbocycles. The van der Waals surface area contributed by atoms with Crippen LogP contribution in [0.4, 0.5) is 11.6 Å². The van der Waals surface area contributed by atoms with Crippen LogP contribution < -0.4 is 10.6 Å². The van der Waals surface area contributed by atoms with Crippen LogP contribution in [-0.4, -0.2) is 21.8 Å². The first-order valence-corrected chi connectivity index (χ1v) is 12.3. The molecule has 2 amide bonds. The molecular weight excluding hydrogens is 400 g/mol. The Morgan fingerprint density at radius 1 is 0.781 bits per heavy atom. The molecule has 2 N–H and O–H groups in total. The number of hydrogen-bond donors (Lipinski definition) is 2. The highest BCUT2D eigenvalue weighted by atomic mass is 16.2. The Labute approximate surface area is 191 Å². The second-order valence-corrected chi connectivity index (χ2v) is 12.6. The average Bonchev–Trinajstić information content (AvgIpc) is 3.25. The SMILES string of the molecule is CC1(C)C2CCC1(C)C(C(=O)Nc1cncc(NC(=O)C3CC4CCC3(C)C4(C)C)n1)C2. The molecule has 6 unspecified atom stereocenters. The Hall–Kier alpha value is -1.98. The summed E-state index contributed by atoms with van der Waals surface area (Å²) in [6, 6.07) is 0. The number of amides is 2. The highest BCUT2D eigenvalue weighted by Gasteiger charge is 2.64. The molecule has 0 saturated heterocycles. The monoisotopic (exact) mass is 438 g/mol. The van der Waals surface area contributed by atoms with Crippen molar-refractivity contribution in [2.45, 2.75) is 80.1 Å². The van der Waals surface area contributed by atoms with E-state index in [2.05, 4.69) is 62.1 Å². The number of hydrogen-bond acceptors (Lipinski definition) is 4. The van der Waals surface area contributed by atoms with Crippen molar-refractivity contribution < 1.29 is 9.59 Å². The topological polar surface area (TPSA) is 84.0 Å². The molecule has 174 valence electrons. The van der Waals surface area contributed by atoms with E-state index in [1.54, 1.807) is 12.4 Å². The summed E-state index contributed by atoms with van der Waals surface area (Å²) in [6.07, 6.45) is 9.64. The van der Waals surface area contributed by atoms with E-state index in [1.807, 2.05) is 0 Å². The standard InChI is InChI=1S/C26H38N4O2/c1-23(2)15-7-9-25(23,5)17(11-15)21(31)29-19-13-27-14-20(28-19)30-22(32)18-12-16-8-10-26(18,6)24(16,3)4/h13-18H,7-12H2,1-6H3,(H2,28,29,30,31,32). The van der Waals surface area contributed by atoms with E-state index in [0.717, 1.165) is 25.7 Å². The first-order valence-electron chi connectivity index (χ1n) is 12.3. The average molecular weight is 439 g/mol. The summed E-state index contributed by atoms with van der Waals surface area (Å²) in [4.78, 5) is 35.1. The van der Waals surface area contributed by atoms with Crippen LogP contribution in [-0.2, 0) is 9.59 Å². The van der Waals surface area contributed by atoms with Gasteiger partial charge < -0.3 is 10.6 Å². The molecule has 4 fully saturated rings. The third-order valence-electron chi connectivity index (χ3n) is 11.4. The van der Waals surface area contributed by atoms with Gasteiger partial charge in [-0.1, -0.05) is 41.5 Å². The van der Waals surface area contributed by atoms with Gasteiger partial charge in [0, 0.05) is 11.8 Å². The minimum absolute atomic E-state index is 0.00693. The lowest BCUT2D eigenvalue weighted by atomic mass is 9.66. The molecule has 1 heterocycles. The van der Waals surface area contributed by atoms with Crippen molar-refractivity contribution in [2.75, 3.05) is 10.6 Å². The number of aromatic nitrogens is 2. The van der Waals surface area contributed by atoms with Crippen LogP contribution in [0.5, 0.6) is 0 Å². The molecule has 0 radical (unpaired) electrons. The summed E-state index contributed by atoms with van der Waals surface area (Å²) in [5.74, 6) is 2.08. The summed E-state index contributed by atoms with van der Waals surface area (Å²) < 4.78 is 0. The van der Waals surface area contributed by atoms with E-state index in [9.17, 15) is 9.59 Å². The van der Waals surface area contributed by atoms with Gasteiger partial charge in [-0.3, -0.25) is 14.6 Å². The van der Waals surface area contributed by atoms with Crippen molar-refractivity contribution >= 4 is 23.5 Å². The number of nitrogens with one attached hydrogen (secondary N) is 2. The Morgan fingerprint density at radius 3 is 1.50 bits per heavy atom. The van der Waals surface area contributed by atoms with Crippen molar-refractivity contribution in [1.82, 2.24) is 9.97 Å². The summed E-state index contributed by atoms with van der Waals surface area (Å²) in [7, 11) is 0. The van der Waals surface area contributed by atoms with Crippen molar-refractivity contribution in [2.24, 2.45) is 45.3 Å².